The van der Waals surface area contributed by atoms with Gasteiger partial charge < -0.3 is 0 Å². The fourth-order valence-electron chi connectivity index (χ4n) is 0.933. The fraction of sp³-hybridized carbons (Fsp3) is 0.375. The molecule has 0 radical (unpaired) electrons. The molecule has 0 spiro atoms. The molecule has 0 atom stereocenters. The summed E-state index contributed by atoms with van der Waals surface area (Å²) >= 11 is 10.2. The van der Waals surface area contributed by atoms with Crippen LogP contribution in [0.5, 0.6) is 0 Å². The molecule has 4 heteroatoms. The van der Waals surface area contributed by atoms with Crippen LogP contribution in [0, 0.1) is 0 Å². The zero-order chi connectivity index (χ0) is 8.97. The van der Waals surface area contributed by atoms with Crippen molar-refractivity contribution in [1.82, 2.24) is 4.98 Å². The Hall–Kier alpha value is 0.590. The predicted molar refractivity (Wildman–Crippen MR) is 62.1 cm³/mol. The number of rotatable bonds is 3. The smallest absolute Gasteiger partial charge is 0.0515 e. The summed E-state index contributed by atoms with van der Waals surface area (Å²) in [6.07, 6.45) is 0. The van der Waals surface area contributed by atoms with Crippen molar-refractivity contribution in [2.24, 2.45) is 0 Å². The van der Waals surface area contributed by atoms with E-state index >= 15 is 0 Å². The van der Waals surface area contributed by atoms with Crippen molar-refractivity contribution >= 4 is 47.8 Å². The molecule has 0 saturated heterocycles. The molecule has 0 bridgehead atoms. The lowest BCUT2D eigenvalue weighted by Crippen LogP contribution is -1.93. The number of halogens is 3. The normalized spacial score (nSPS) is 10.2. The number of hydrogen-bond donors (Lipinski definition) is 0. The number of hydrogen-bond acceptors (Lipinski definition) is 1. The summed E-state index contributed by atoms with van der Waals surface area (Å²) in [5, 5.41) is 2.51. The Labute approximate surface area is 97.3 Å². The van der Waals surface area contributed by atoms with Gasteiger partial charge in [-0.2, -0.15) is 0 Å². The highest BCUT2D eigenvalue weighted by atomic mass is 79.9. The third-order valence-corrected chi connectivity index (χ3v) is 3.22. The molecular weight excluding hydrogens is 350 g/mol. The topological polar surface area (TPSA) is 12.9 Å². The third-order valence-electron chi connectivity index (χ3n) is 1.42. The fourth-order valence-corrected chi connectivity index (χ4v) is 1.83. The largest absolute Gasteiger partial charge is 0.256 e. The van der Waals surface area contributed by atoms with Gasteiger partial charge >= 0.3 is 0 Å². The van der Waals surface area contributed by atoms with Gasteiger partial charge in [0, 0.05) is 16.0 Å². The number of nitrogens with zero attached hydrogens (tertiary/aromatic N) is 1. The lowest BCUT2D eigenvalue weighted by molar-refractivity contribution is 1.08. The van der Waals surface area contributed by atoms with E-state index in [9.17, 15) is 0 Å². The highest BCUT2D eigenvalue weighted by Gasteiger charge is 1.99. The summed E-state index contributed by atoms with van der Waals surface area (Å²) in [6, 6.07) is 4.19. The van der Waals surface area contributed by atoms with Crippen LogP contribution in [0.2, 0.25) is 0 Å². The maximum absolute atomic E-state index is 4.40. The summed E-state index contributed by atoms with van der Waals surface area (Å²) in [6.45, 7) is 0. The van der Waals surface area contributed by atoms with Crippen LogP contribution in [-0.4, -0.2) is 4.98 Å². The van der Waals surface area contributed by atoms with Crippen LogP contribution in [0.1, 0.15) is 17.0 Å². The van der Waals surface area contributed by atoms with Gasteiger partial charge in [-0.1, -0.05) is 47.8 Å². The minimum absolute atomic E-state index is 0.813. The minimum atomic E-state index is 0.813. The molecule has 1 heterocycles. The van der Waals surface area contributed by atoms with Gasteiger partial charge in [-0.15, -0.1) is 0 Å². The van der Waals surface area contributed by atoms with Crippen molar-refractivity contribution in [2.75, 3.05) is 0 Å². The molecule has 0 saturated carbocycles. The van der Waals surface area contributed by atoms with Gasteiger partial charge in [0.05, 0.1) is 11.4 Å². The average Bonchev–Trinajstić information content (AvgIpc) is 2.16. The first-order chi connectivity index (χ1) is 5.80. The van der Waals surface area contributed by atoms with Crippen LogP contribution in [0.15, 0.2) is 12.1 Å². The van der Waals surface area contributed by atoms with Gasteiger partial charge in [0.25, 0.3) is 0 Å². The highest BCUT2D eigenvalue weighted by Crippen LogP contribution is 2.13. The monoisotopic (exact) mass is 355 g/mol. The van der Waals surface area contributed by atoms with Crippen LogP contribution in [0.3, 0.4) is 0 Å². The third kappa shape index (κ3) is 2.82. The Morgan fingerprint density at radius 1 is 0.917 bits per heavy atom. The van der Waals surface area contributed by atoms with Gasteiger partial charge in [0.2, 0.25) is 0 Å². The Morgan fingerprint density at radius 2 is 1.42 bits per heavy atom. The highest BCUT2D eigenvalue weighted by molar-refractivity contribution is 9.09. The van der Waals surface area contributed by atoms with E-state index in [4.69, 9.17) is 0 Å². The van der Waals surface area contributed by atoms with E-state index in [1.54, 1.807) is 0 Å². The molecule has 0 aliphatic rings. The van der Waals surface area contributed by atoms with E-state index in [1.807, 2.05) is 0 Å². The molecule has 12 heavy (non-hydrogen) atoms. The van der Waals surface area contributed by atoms with Crippen molar-refractivity contribution in [1.29, 1.82) is 0 Å². The molecule has 1 aromatic rings. The molecule has 66 valence electrons. The maximum atomic E-state index is 4.40. The molecular formula is C8H8Br3N. The van der Waals surface area contributed by atoms with E-state index in [0.29, 0.717) is 0 Å². The molecule has 0 amide bonds. The first-order valence-electron chi connectivity index (χ1n) is 3.46. The molecule has 1 rings (SSSR count). The molecule has 0 fully saturated rings. The van der Waals surface area contributed by atoms with Crippen molar-refractivity contribution in [3.63, 3.8) is 0 Å². The van der Waals surface area contributed by atoms with E-state index in [1.165, 1.54) is 5.56 Å². The van der Waals surface area contributed by atoms with Gasteiger partial charge in [0.15, 0.2) is 0 Å². The molecule has 1 nitrogen and oxygen atoms in total. The van der Waals surface area contributed by atoms with E-state index in [2.05, 4.69) is 64.9 Å². The average molecular weight is 358 g/mol. The molecule has 0 aliphatic heterocycles. The van der Waals surface area contributed by atoms with Crippen LogP contribution in [0.25, 0.3) is 0 Å². The number of alkyl halides is 3. The number of pyridine rings is 1. The van der Waals surface area contributed by atoms with Crippen molar-refractivity contribution < 1.29 is 0 Å². The Bertz CT molecular complexity index is 207. The van der Waals surface area contributed by atoms with Crippen LogP contribution in [-0.2, 0) is 16.0 Å². The standard InChI is InChI=1S/C8H8Br3N/c9-3-6-1-7(4-10)12-8(2-6)5-11/h1-2H,3-5H2. The zero-order valence-corrected chi connectivity index (χ0v) is 11.1. The second kappa shape index (κ2) is 5.35. The minimum Gasteiger partial charge on any atom is -0.256 e. The van der Waals surface area contributed by atoms with Crippen molar-refractivity contribution in [3.05, 3.63) is 29.1 Å². The van der Waals surface area contributed by atoms with E-state index in [0.717, 1.165) is 27.4 Å². The zero-order valence-electron chi connectivity index (χ0n) is 6.36. The Morgan fingerprint density at radius 3 is 1.75 bits per heavy atom. The lowest BCUT2D eigenvalue weighted by atomic mass is 10.2. The summed E-state index contributed by atoms with van der Waals surface area (Å²) in [7, 11) is 0. The Kier molecular flexibility index (Phi) is 4.75. The summed E-state index contributed by atoms with van der Waals surface area (Å²) in [5.41, 5.74) is 3.44. The van der Waals surface area contributed by atoms with Crippen LogP contribution >= 0.6 is 47.8 Å². The van der Waals surface area contributed by atoms with Gasteiger partial charge in [-0.05, 0) is 17.7 Å². The summed E-state index contributed by atoms with van der Waals surface area (Å²) in [4.78, 5) is 4.40. The molecule has 0 aromatic carbocycles. The molecule has 0 N–H and O–H groups in total. The summed E-state index contributed by atoms with van der Waals surface area (Å²) < 4.78 is 0. The van der Waals surface area contributed by atoms with E-state index < -0.39 is 0 Å². The second-order valence-corrected chi connectivity index (χ2v) is 4.04. The first-order valence-corrected chi connectivity index (χ1v) is 6.83. The van der Waals surface area contributed by atoms with Crippen LogP contribution in [0.4, 0.5) is 0 Å². The lowest BCUT2D eigenvalue weighted by Gasteiger charge is -2.02. The summed E-state index contributed by atoms with van der Waals surface area (Å²) in [5.74, 6) is 0. The maximum Gasteiger partial charge on any atom is 0.0515 e. The predicted octanol–water partition coefficient (Wildman–Crippen LogP) is 3.77. The van der Waals surface area contributed by atoms with Crippen molar-refractivity contribution in [3.8, 4) is 0 Å². The van der Waals surface area contributed by atoms with E-state index in [-0.39, 0.29) is 0 Å². The van der Waals surface area contributed by atoms with Crippen molar-refractivity contribution in [2.45, 2.75) is 16.0 Å². The SMILES string of the molecule is BrCc1cc(CBr)nc(CBr)c1. The molecule has 1 aromatic heterocycles. The second-order valence-electron chi connectivity index (χ2n) is 2.36. The van der Waals surface area contributed by atoms with Crippen LogP contribution < -0.4 is 0 Å². The first kappa shape index (κ1) is 10.7. The van der Waals surface area contributed by atoms with Gasteiger partial charge in [0.1, 0.15) is 0 Å². The number of aromatic nitrogens is 1. The molecule has 0 unspecified atom stereocenters. The molecule has 0 aliphatic carbocycles. The quantitative estimate of drug-likeness (QED) is 0.750. The van der Waals surface area contributed by atoms with Gasteiger partial charge in [-0.3, -0.25) is 4.98 Å². The van der Waals surface area contributed by atoms with Gasteiger partial charge in [-0.25, -0.2) is 0 Å². The Balaban J connectivity index is 3.01.